The van der Waals surface area contributed by atoms with Crippen LogP contribution in [0, 0.1) is 0 Å². The van der Waals surface area contributed by atoms with Crippen molar-refractivity contribution < 1.29 is 39.5 Å². The van der Waals surface area contributed by atoms with E-state index in [0.717, 1.165) is 0 Å². The van der Waals surface area contributed by atoms with Crippen LogP contribution in [-0.4, -0.2) is 62.5 Å². The predicted molar refractivity (Wildman–Crippen MR) is 53.4 cm³/mol. The fourth-order valence-corrected chi connectivity index (χ4v) is 6.27. The van der Waals surface area contributed by atoms with E-state index in [9.17, 15) is 39.5 Å². The van der Waals surface area contributed by atoms with Gasteiger partial charge in [0.2, 0.25) is 29.0 Å². The average molecular weight is 340 g/mol. The van der Waals surface area contributed by atoms with Gasteiger partial charge in [-0.1, -0.05) is 0 Å². The van der Waals surface area contributed by atoms with Crippen LogP contribution in [-0.2, 0) is 0 Å². The third-order valence-corrected chi connectivity index (χ3v) is 7.39. The number of hydrogen-bond donors (Lipinski definition) is 0. The highest BCUT2D eigenvalue weighted by Crippen LogP contribution is 2.21. The summed E-state index contributed by atoms with van der Waals surface area (Å²) in [5.74, 6) is -14.4. The smallest absolute Gasteiger partial charge is 0.283 e. The number of alkyl halides is 9. The van der Waals surface area contributed by atoms with E-state index in [1.54, 1.807) is 0 Å². The zero-order valence-corrected chi connectivity index (χ0v) is 13.2. The fraction of sp³-hybridized carbons (Fsp3) is 1.00. The van der Waals surface area contributed by atoms with Crippen molar-refractivity contribution >= 4 is 29.0 Å². The summed E-state index contributed by atoms with van der Waals surface area (Å²) in [5, 5.41) is 0. The minimum Gasteiger partial charge on any atom is -0.283 e. The Morgan fingerprint density at radius 2 is 0.889 bits per heavy atom. The van der Waals surface area contributed by atoms with Gasteiger partial charge in [-0.3, -0.25) is 9.01 Å². The van der Waals surface area contributed by atoms with Crippen LogP contribution in [0.25, 0.3) is 0 Å². The third kappa shape index (κ3) is 9.92. The van der Waals surface area contributed by atoms with Crippen molar-refractivity contribution in [2.45, 2.75) is 17.4 Å². The number of nitrogens with zero attached hydrogens (tertiary/aromatic N) is 2. The van der Waals surface area contributed by atoms with Crippen LogP contribution in [0.15, 0.2) is 0 Å². The van der Waals surface area contributed by atoms with E-state index in [2.05, 4.69) is 0 Å². The van der Waals surface area contributed by atoms with Crippen LogP contribution in [0.1, 0.15) is 0 Å². The fourth-order valence-electron chi connectivity index (χ4n) is 1.07. The summed E-state index contributed by atoms with van der Waals surface area (Å²) in [5.41, 5.74) is 0. The van der Waals surface area contributed by atoms with Crippen molar-refractivity contribution in [3.05, 3.63) is 0 Å². The van der Waals surface area contributed by atoms with Gasteiger partial charge in [0, 0.05) is 0 Å². The first kappa shape index (κ1) is 17.9. The Kier molecular flexibility index (Phi) is 5.91. The molecule has 0 aromatic carbocycles. The summed E-state index contributed by atoms with van der Waals surface area (Å²) in [6, 6.07) is 0. The van der Waals surface area contributed by atoms with Crippen molar-refractivity contribution in [1.82, 2.24) is 9.01 Å². The van der Waals surface area contributed by atoms with Gasteiger partial charge < -0.3 is 0 Å². The topological polar surface area (TPSA) is 6.48 Å². The maximum atomic E-state index is 12.1. The van der Waals surface area contributed by atoms with Crippen LogP contribution in [0.4, 0.5) is 39.5 Å². The highest BCUT2D eigenvalue weighted by Gasteiger charge is 2.42. The minimum atomic E-state index is -4.84. The standard InChI is InChI=1S/C4H9F9N2Si3/c1-14(16-2(5,6)7)15(17-3(8,9)10)18-4(11,12)13/h16-18H2,1H3. The second-order valence-electron chi connectivity index (χ2n) is 3.48. The van der Waals surface area contributed by atoms with Crippen LogP contribution in [0.2, 0.25) is 0 Å². The molecule has 0 aromatic rings. The molecule has 0 rings (SSSR count). The normalized spacial score (nSPS) is 16.7. The van der Waals surface area contributed by atoms with E-state index in [0.29, 0.717) is 7.05 Å². The van der Waals surface area contributed by atoms with Gasteiger partial charge in [-0.15, -0.1) is 0 Å². The summed E-state index contributed by atoms with van der Waals surface area (Å²) in [4.78, 5) is 0. The molecule has 110 valence electrons. The molecule has 0 radical (unpaired) electrons. The summed E-state index contributed by atoms with van der Waals surface area (Å²) in [7, 11) is -9.34. The highest BCUT2D eigenvalue weighted by molar-refractivity contribution is 6.54. The van der Waals surface area contributed by atoms with Gasteiger partial charge in [-0.2, -0.15) is 39.5 Å². The van der Waals surface area contributed by atoms with Crippen molar-refractivity contribution in [2.75, 3.05) is 7.05 Å². The summed E-state index contributed by atoms with van der Waals surface area (Å²) in [6.45, 7) is 0. The van der Waals surface area contributed by atoms with Gasteiger partial charge in [-0.05, 0) is 7.05 Å². The quantitative estimate of drug-likeness (QED) is 0.402. The van der Waals surface area contributed by atoms with E-state index < -0.39 is 46.4 Å². The van der Waals surface area contributed by atoms with Gasteiger partial charge in [0.15, 0.2) is 0 Å². The molecule has 18 heavy (non-hydrogen) atoms. The monoisotopic (exact) mass is 340 g/mol. The summed E-state index contributed by atoms with van der Waals surface area (Å²) in [6.07, 6.45) is 0. The van der Waals surface area contributed by atoms with Crippen molar-refractivity contribution in [1.29, 1.82) is 0 Å². The molecule has 2 nitrogen and oxygen atoms in total. The molecule has 14 heteroatoms. The van der Waals surface area contributed by atoms with Crippen LogP contribution >= 0.6 is 0 Å². The van der Waals surface area contributed by atoms with E-state index in [1.807, 2.05) is 0 Å². The van der Waals surface area contributed by atoms with Gasteiger partial charge in [0.05, 0.1) is 0 Å². The zero-order valence-electron chi connectivity index (χ0n) is 8.92. The molecule has 0 aromatic heterocycles. The SMILES string of the molecule is CN([SiH2]C(F)(F)F)N([SiH2]C(F)(F)F)[SiH2]C(F)(F)F. The van der Waals surface area contributed by atoms with Gasteiger partial charge in [0.1, 0.15) is 0 Å². The maximum Gasteiger partial charge on any atom is 0.371 e. The molecule has 0 atom stereocenters. The number of rotatable bonds is 4. The van der Waals surface area contributed by atoms with Crippen LogP contribution < -0.4 is 0 Å². The maximum absolute atomic E-state index is 12.1. The van der Waals surface area contributed by atoms with Gasteiger partial charge in [0.25, 0.3) is 0 Å². The number of hydrogen-bond acceptors (Lipinski definition) is 2. The lowest BCUT2D eigenvalue weighted by atomic mass is 11.5. The van der Waals surface area contributed by atoms with Crippen molar-refractivity contribution in [2.24, 2.45) is 0 Å². The van der Waals surface area contributed by atoms with Crippen LogP contribution in [0.5, 0.6) is 0 Å². The van der Waals surface area contributed by atoms with Crippen LogP contribution in [0.3, 0.4) is 0 Å². The molecule has 0 aliphatic rings. The molecule has 0 unspecified atom stereocenters. The third-order valence-electron chi connectivity index (χ3n) is 1.61. The molecule has 0 amide bonds. The molecule has 0 heterocycles. The Morgan fingerprint density at radius 1 is 0.611 bits per heavy atom. The first-order valence-corrected chi connectivity index (χ1v) is 8.38. The first-order chi connectivity index (χ1) is 7.70. The van der Waals surface area contributed by atoms with E-state index in [4.69, 9.17) is 0 Å². The Morgan fingerprint density at radius 3 is 1.11 bits per heavy atom. The van der Waals surface area contributed by atoms with E-state index in [-0.39, 0.29) is 9.01 Å². The van der Waals surface area contributed by atoms with E-state index >= 15 is 0 Å². The highest BCUT2D eigenvalue weighted by atomic mass is 28.3. The lowest BCUT2D eigenvalue weighted by Crippen LogP contribution is -2.57. The Bertz CT molecular complexity index is 244. The van der Waals surface area contributed by atoms with Gasteiger partial charge >= 0.3 is 17.4 Å². The summed E-state index contributed by atoms with van der Waals surface area (Å²) < 4.78 is 108. The van der Waals surface area contributed by atoms with Crippen molar-refractivity contribution in [3.8, 4) is 0 Å². The molecular weight excluding hydrogens is 331 g/mol. The molecule has 0 N–H and O–H groups in total. The second-order valence-corrected chi connectivity index (χ2v) is 10.1. The summed E-state index contributed by atoms with van der Waals surface area (Å²) >= 11 is 0. The largest absolute Gasteiger partial charge is 0.371 e. The second kappa shape index (κ2) is 5.93. The zero-order chi connectivity index (χ0) is 14.8. The van der Waals surface area contributed by atoms with Gasteiger partial charge in [-0.25, -0.2) is 0 Å². The molecule has 0 bridgehead atoms. The molecule has 0 fully saturated rings. The first-order valence-electron chi connectivity index (χ1n) is 4.36. The minimum absolute atomic E-state index is 0.111. The number of halogens is 9. The Balaban J connectivity index is 4.75. The average Bonchev–Trinajstić information content (AvgIpc) is 1.93. The number of hydrazine groups is 1. The predicted octanol–water partition coefficient (Wildman–Crippen LogP) is -0.0540. The lowest BCUT2D eigenvalue weighted by Gasteiger charge is -2.33. The lowest BCUT2D eigenvalue weighted by molar-refractivity contribution is -0.0722. The van der Waals surface area contributed by atoms with Crippen molar-refractivity contribution in [3.63, 3.8) is 0 Å². The van der Waals surface area contributed by atoms with E-state index in [1.165, 1.54) is 0 Å². The molecule has 0 saturated heterocycles. The molecule has 0 spiro atoms. The molecule has 0 saturated carbocycles. The Hall–Kier alpha value is -0.0594. The molecule has 0 aliphatic heterocycles. The molecule has 0 aliphatic carbocycles. The Labute approximate surface area is 103 Å². The molecular formula is C4H9F9N2Si3.